The van der Waals surface area contributed by atoms with Crippen molar-refractivity contribution in [1.82, 2.24) is 10.6 Å². The number of hydrogen-bond acceptors (Lipinski definition) is 3. The number of thiophene rings is 1. The summed E-state index contributed by atoms with van der Waals surface area (Å²) in [6, 6.07) is 10.3. The Morgan fingerprint density at radius 1 is 1.30 bits per heavy atom. The van der Waals surface area contributed by atoms with Crippen molar-refractivity contribution in [2.75, 3.05) is 13.1 Å². The Morgan fingerprint density at radius 2 is 2.13 bits per heavy atom. The predicted octanol–water partition coefficient (Wildman–Crippen LogP) is 3.02. The van der Waals surface area contributed by atoms with E-state index in [0.29, 0.717) is 19.0 Å². The van der Waals surface area contributed by atoms with E-state index in [1.54, 1.807) is 11.3 Å². The lowest BCUT2D eigenvalue weighted by atomic mass is 9.99. The lowest BCUT2D eigenvalue weighted by molar-refractivity contribution is 0.0621. The van der Waals surface area contributed by atoms with Gasteiger partial charge >= 0.3 is 0 Å². The summed E-state index contributed by atoms with van der Waals surface area (Å²) in [5.74, 6) is 0.713. The van der Waals surface area contributed by atoms with E-state index in [4.69, 9.17) is 0 Å². The molecule has 1 aromatic heterocycles. The van der Waals surface area contributed by atoms with Crippen LogP contribution in [0.15, 0.2) is 46.1 Å². The molecule has 0 saturated heterocycles. The highest BCUT2D eigenvalue weighted by atomic mass is 32.1. The molecule has 0 aliphatic rings. The van der Waals surface area contributed by atoms with Gasteiger partial charge in [0.2, 0.25) is 0 Å². The molecule has 0 aliphatic heterocycles. The molecule has 2 rings (SSSR count). The van der Waals surface area contributed by atoms with Crippen molar-refractivity contribution in [2.45, 2.75) is 32.9 Å². The minimum absolute atomic E-state index is 0.406. The first-order valence-electron chi connectivity index (χ1n) is 7.84. The third-order valence-corrected chi connectivity index (χ3v) is 4.27. The normalized spacial score (nSPS) is 14.3. The molecule has 0 spiro atoms. The lowest BCUT2D eigenvalue weighted by Crippen LogP contribution is -2.44. The van der Waals surface area contributed by atoms with Crippen LogP contribution in [0.3, 0.4) is 0 Å². The maximum Gasteiger partial charge on any atom is 0.191 e. The average molecular weight is 331 g/mol. The molecule has 2 aromatic rings. The van der Waals surface area contributed by atoms with Gasteiger partial charge in [0.25, 0.3) is 0 Å². The van der Waals surface area contributed by atoms with Crippen molar-refractivity contribution in [2.24, 2.45) is 4.99 Å². The second-order valence-electron chi connectivity index (χ2n) is 5.82. The number of rotatable bonds is 6. The second-order valence-corrected chi connectivity index (χ2v) is 6.60. The molecular weight excluding hydrogens is 306 g/mol. The Hall–Kier alpha value is -1.85. The lowest BCUT2D eigenvalue weighted by Gasteiger charge is -2.24. The van der Waals surface area contributed by atoms with Crippen molar-refractivity contribution >= 4 is 17.3 Å². The molecule has 0 aliphatic carbocycles. The van der Waals surface area contributed by atoms with Crippen molar-refractivity contribution < 1.29 is 5.11 Å². The zero-order chi connectivity index (χ0) is 16.7. The van der Waals surface area contributed by atoms with E-state index in [2.05, 4.69) is 40.7 Å². The maximum atomic E-state index is 10.6. The van der Waals surface area contributed by atoms with Gasteiger partial charge in [-0.05, 0) is 48.7 Å². The minimum Gasteiger partial charge on any atom is -0.384 e. The number of aliphatic imine (C=N–C) groups is 1. The van der Waals surface area contributed by atoms with Crippen molar-refractivity contribution in [3.8, 4) is 0 Å². The summed E-state index contributed by atoms with van der Waals surface area (Å²) in [5, 5.41) is 21.0. The van der Waals surface area contributed by atoms with Gasteiger partial charge < -0.3 is 15.7 Å². The molecule has 1 aromatic carbocycles. The first kappa shape index (κ1) is 17.5. The van der Waals surface area contributed by atoms with Gasteiger partial charge in [0, 0.05) is 6.54 Å². The molecule has 1 atom stereocenters. The van der Waals surface area contributed by atoms with Gasteiger partial charge in [-0.2, -0.15) is 11.3 Å². The van der Waals surface area contributed by atoms with Gasteiger partial charge in [0.05, 0.1) is 13.1 Å². The Kier molecular flexibility index (Phi) is 6.19. The monoisotopic (exact) mass is 331 g/mol. The van der Waals surface area contributed by atoms with Gasteiger partial charge in [-0.15, -0.1) is 0 Å². The largest absolute Gasteiger partial charge is 0.384 e. The number of benzene rings is 1. The van der Waals surface area contributed by atoms with E-state index in [1.165, 1.54) is 11.1 Å². The van der Waals surface area contributed by atoms with Crippen LogP contribution in [0.5, 0.6) is 0 Å². The summed E-state index contributed by atoms with van der Waals surface area (Å²) >= 11 is 1.59. The van der Waals surface area contributed by atoms with Gasteiger partial charge in [0.15, 0.2) is 5.96 Å². The smallest absolute Gasteiger partial charge is 0.191 e. The van der Waals surface area contributed by atoms with Crippen LogP contribution in [-0.4, -0.2) is 24.2 Å². The molecule has 1 unspecified atom stereocenters. The molecule has 3 N–H and O–H groups in total. The molecule has 124 valence electrons. The first-order chi connectivity index (χ1) is 11.0. The van der Waals surface area contributed by atoms with E-state index in [1.807, 2.05) is 36.7 Å². The minimum atomic E-state index is -0.917. The summed E-state index contributed by atoms with van der Waals surface area (Å²) in [6.07, 6.45) is 0. The summed E-state index contributed by atoms with van der Waals surface area (Å²) < 4.78 is 0. The number of aliphatic hydroxyl groups is 1. The van der Waals surface area contributed by atoms with E-state index >= 15 is 0 Å². The van der Waals surface area contributed by atoms with Crippen LogP contribution in [0.4, 0.5) is 0 Å². The van der Waals surface area contributed by atoms with Crippen molar-refractivity contribution in [3.63, 3.8) is 0 Å². The third kappa shape index (κ3) is 5.37. The van der Waals surface area contributed by atoms with E-state index in [9.17, 15) is 5.11 Å². The molecule has 23 heavy (non-hydrogen) atoms. The number of nitrogens with one attached hydrogen (secondary N) is 2. The molecule has 0 amide bonds. The highest BCUT2D eigenvalue weighted by Gasteiger charge is 2.23. The molecular formula is C18H25N3OS. The van der Waals surface area contributed by atoms with Crippen molar-refractivity contribution in [1.29, 1.82) is 0 Å². The van der Waals surface area contributed by atoms with Crippen molar-refractivity contribution in [3.05, 3.63) is 57.8 Å². The fraction of sp³-hybridized carbons (Fsp3) is 0.389. The van der Waals surface area contributed by atoms with Crippen LogP contribution < -0.4 is 10.6 Å². The molecule has 1 heterocycles. The first-order valence-corrected chi connectivity index (χ1v) is 8.78. The highest BCUT2D eigenvalue weighted by molar-refractivity contribution is 7.08. The zero-order valence-corrected chi connectivity index (χ0v) is 14.8. The summed E-state index contributed by atoms with van der Waals surface area (Å²) in [4.78, 5) is 4.60. The van der Waals surface area contributed by atoms with Crippen LogP contribution >= 0.6 is 11.3 Å². The summed E-state index contributed by atoms with van der Waals surface area (Å²) in [5.41, 5.74) is 2.41. The Bertz CT molecular complexity index is 635. The molecule has 5 heteroatoms. The van der Waals surface area contributed by atoms with Crippen LogP contribution in [0.2, 0.25) is 0 Å². The quantitative estimate of drug-likeness (QED) is 0.563. The molecule has 0 radical (unpaired) electrons. The van der Waals surface area contributed by atoms with Crippen LogP contribution in [0, 0.1) is 6.92 Å². The summed E-state index contributed by atoms with van der Waals surface area (Å²) in [7, 11) is 0. The van der Waals surface area contributed by atoms with Gasteiger partial charge in [-0.3, -0.25) is 0 Å². The molecule has 0 saturated carbocycles. The SMILES string of the molecule is CCNC(=NCc1cccc(C)c1)NCC(C)(O)c1ccsc1. The van der Waals surface area contributed by atoms with Gasteiger partial charge in [0.1, 0.15) is 5.60 Å². The Balaban J connectivity index is 1.99. The molecule has 0 bridgehead atoms. The van der Waals surface area contributed by atoms with E-state index < -0.39 is 5.60 Å². The van der Waals surface area contributed by atoms with Crippen LogP contribution in [0.25, 0.3) is 0 Å². The highest BCUT2D eigenvalue weighted by Crippen LogP contribution is 2.21. The van der Waals surface area contributed by atoms with Crippen LogP contribution in [0.1, 0.15) is 30.5 Å². The maximum absolute atomic E-state index is 10.6. The standard InChI is InChI=1S/C18H25N3OS/c1-4-19-17(20-11-15-7-5-6-14(2)10-15)21-13-18(3,22)16-8-9-23-12-16/h5-10,12,22H,4,11,13H2,1-3H3,(H2,19,20,21). The molecule has 4 nitrogen and oxygen atoms in total. The third-order valence-electron chi connectivity index (χ3n) is 3.59. The topological polar surface area (TPSA) is 56.7 Å². The average Bonchev–Trinajstić information content (AvgIpc) is 3.05. The Morgan fingerprint density at radius 3 is 2.78 bits per heavy atom. The van der Waals surface area contributed by atoms with Gasteiger partial charge in [-0.1, -0.05) is 29.8 Å². The zero-order valence-electron chi connectivity index (χ0n) is 14.0. The Labute approximate surface area is 142 Å². The fourth-order valence-corrected chi connectivity index (χ4v) is 3.03. The molecule has 0 fully saturated rings. The number of hydrogen-bond donors (Lipinski definition) is 3. The van der Waals surface area contributed by atoms with E-state index in [-0.39, 0.29) is 0 Å². The summed E-state index contributed by atoms with van der Waals surface area (Å²) in [6.45, 7) is 7.71. The van der Waals surface area contributed by atoms with Gasteiger partial charge in [-0.25, -0.2) is 4.99 Å². The number of nitrogens with zero attached hydrogens (tertiary/aromatic N) is 1. The second kappa shape index (κ2) is 8.13. The van der Waals surface area contributed by atoms with Crippen LogP contribution in [-0.2, 0) is 12.1 Å². The number of guanidine groups is 1. The predicted molar refractivity (Wildman–Crippen MR) is 97.9 cm³/mol. The fourth-order valence-electron chi connectivity index (χ4n) is 2.25. The number of aryl methyl sites for hydroxylation is 1. The van der Waals surface area contributed by atoms with E-state index in [0.717, 1.165) is 12.1 Å².